The Kier molecular flexibility index (Phi) is 4.30. The van der Waals surface area contributed by atoms with E-state index in [1.807, 2.05) is 0 Å². The van der Waals surface area contributed by atoms with E-state index in [4.69, 9.17) is 5.73 Å². The van der Waals surface area contributed by atoms with Crippen LogP contribution in [0.2, 0.25) is 0 Å². The van der Waals surface area contributed by atoms with Crippen LogP contribution in [0.5, 0.6) is 0 Å². The van der Waals surface area contributed by atoms with Crippen LogP contribution < -0.4 is 16.0 Å². The third-order valence-electron chi connectivity index (χ3n) is 4.40. The van der Waals surface area contributed by atoms with Crippen molar-refractivity contribution in [2.45, 2.75) is 19.3 Å². The SMILES string of the molecule is CN1CCN(c2nc(N)c(C(=O)NCC3CCC3)s2)CC1. The number of aromatic nitrogens is 1. The van der Waals surface area contributed by atoms with Gasteiger partial charge in [0.1, 0.15) is 10.7 Å². The predicted molar refractivity (Wildman–Crippen MR) is 85.9 cm³/mol. The van der Waals surface area contributed by atoms with Gasteiger partial charge in [0.2, 0.25) is 0 Å². The Morgan fingerprint density at radius 3 is 2.71 bits per heavy atom. The lowest BCUT2D eigenvalue weighted by Gasteiger charge is -2.31. The number of nitrogens with one attached hydrogen (secondary N) is 1. The molecule has 116 valence electrons. The minimum absolute atomic E-state index is 0.0720. The maximum Gasteiger partial charge on any atom is 0.265 e. The van der Waals surface area contributed by atoms with E-state index in [9.17, 15) is 4.79 Å². The summed E-state index contributed by atoms with van der Waals surface area (Å²) in [5.41, 5.74) is 5.93. The molecule has 1 saturated heterocycles. The lowest BCUT2D eigenvalue weighted by Crippen LogP contribution is -2.44. The Labute approximate surface area is 129 Å². The summed E-state index contributed by atoms with van der Waals surface area (Å²) in [6.45, 7) is 4.67. The van der Waals surface area contributed by atoms with Crippen LogP contribution >= 0.6 is 11.3 Å². The molecule has 0 spiro atoms. The molecule has 7 heteroatoms. The molecule has 0 aromatic carbocycles. The highest BCUT2D eigenvalue weighted by atomic mass is 32.1. The van der Waals surface area contributed by atoms with E-state index in [0.29, 0.717) is 16.6 Å². The van der Waals surface area contributed by atoms with Gasteiger partial charge < -0.3 is 20.9 Å². The number of nitrogens with two attached hydrogens (primary N) is 1. The number of amides is 1. The maximum absolute atomic E-state index is 12.2. The second-order valence-corrected chi connectivity index (χ2v) is 6.99. The highest BCUT2D eigenvalue weighted by Gasteiger charge is 2.23. The molecule has 21 heavy (non-hydrogen) atoms. The van der Waals surface area contributed by atoms with Crippen LogP contribution in [0.15, 0.2) is 0 Å². The van der Waals surface area contributed by atoms with E-state index in [2.05, 4.69) is 27.1 Å². The molecule has 6 nitrogen and oxygen atoms in total. The molecular weight excluding hydrogens is 286 g/mol. The number of rotatable bonds is 4. The number of anilines is 2. The summed E-state index contributed by atoms with van der Waals surface area (Å²) in [5.74, 6) is 0.942. The molecule has 2 fully saturated rings. The van der Waals surface area contributed by atoms with E-state index >= 15 is 0 Å². The zero-order chi connectivity index (χ0) is 14.8. The van der Waals surface area contributed by atoms with E-state index in [1.165, 1.54) is 30.6 Å². The van der Waals surface area contributed by atoms with Crippen molar-refractivity contribution in [3.8, 4) is 0 Å². The van der Waals surface area contributed by atoms with Gasteiger partial charge in [-0.1, -0.05) is 17.8 Å². The summed E-state index contributed by atoms with van der Waals surface area (Å²) >= 11 is 1.41. The summed E-state index contributed by atoms with van der Waals surface area (Å²) in [4.78, 5) is 21.7. The number of likely N-dealkylation sites (N-methyl/N-ethyl adjacent to an activating group) is 1. The summed E-state index contributed by atoms with van der Waals surface area (Å²) in [7, 11) is 2.12. The summed E-state index contributed by atoms with van der Waals surface area (Å²) in [6, 6.07) is 0. The van der Waals surface area contributed by atoms with Crippen molar-refractivity contribution >= 4 is 28.2 Å². The number of piperazine rings is 1. The number of hydrogen-bond donors (Lipinski definition) is 2. The van der Waals surface area contributed by atoms with Crippen LogP contribution in [-0.2, 0) is 0 Å². The fourth-order valence-corrected chi connectivity index (χ4v) is 3.58. The quantitative estimate of drug-likeness (QED) is 0.868. The van der Waals surface area contributed by atoms with Crippen LogP contribution in [0, 0.1) is 5.92 Å². The lowest BCUT2D eigenvalue weighted by molar-refractivity contribution is 0.0944. The van der Waals surface area contributed by atoms with E-state index < -0.39 is 0 Å². The molecule has 2 aliphatic rings. The third-order valence-corrected chi connectivity index (χ3v) is 5.53. The largest absolute Gasteiger partial charge is 0.382 e. The van der Waals surface area contributed by atoms with Crippen LogP contribution in [0.3, 0.4) is 0 Å². The Morgan fingerprint density at radius 2 is 2.10 bits per heavy atom. The summed E-state index contributed by atoms with van der Waals surface area (Å²) < 4.78 is 0. The molecule has 1 aromatic heterocycles. The minimum atomic E-state index is -0.0720. The number of hydrogen-bond acceptors (Lipinski definition) is 6. The monoisotopic (exact) mass is 309 g/mol. The Hall–Kier alpha value is -1.34. The van der Waals surface area contributed by atoms with Gasteiger partial charge >= 0.3 is 0 Å². The Balaban J connectivity index is 1.61. The van der Waals surface area contributed by atoms with Gasteiger partial charge in [0.15, 0.2) is 5.13 Å². The molecule has 1 amide bonds. The normalized spacial score (nSPS) is 20.3. The first-order valence-corrected chi connectivity index (χ1v) is 8.43. The third kappa shape index (κ3) is 3.29. The zero-order valence-corrected chi connectivity index (χ0v) is 13.3. The fourth-order valence-electron chi connectivity index (χ4n) is 2.63. The van der Waals surface area contributed by atoms with Crippen LogP contribution in [0.1, 0.15) is 28.9 Å². The van der Waals surface area contributed by atoms with Gasteiger partial charge in [-0.15, -0.1) is 0 Å². The average Bonchev–Trinajstić information content (AvgIpc) is 2.80. The minimum Gasteiger partial charge on any atom is -0.382 e. The molecule has 3 rings (SSSR count). The van der Waals surface area contributed by atoms with Crippen molar-refractivity contribution in [2.75, 3.05) is 50.4 Å². The zero-order valence-electron chi connectivity index (χ0n) is 12.5. The van der Waals surface area contributed by atoms with Crippen LogP contribution in [0.25, 0.3) is 0 Å². The highest BCUT2D eigenvalue weighted by Crippen LogP contribution is 2.29. The van der Waals surface area contributed by atoms with Gasteiger partial charge in [-0.05, 0) is 25.8 Å². The summed E-state index contributed by atoms with van der Waals surface area (Å²) in [6.07, 6.45) is 3.74. The van der Waals surface area contributed by atoms with E-state index in [0.717, 1.165) is 37.9 Å². The fraction of sp³-hybridized carbons (Fsp3) is 0.714. The molecular formula is C14H23N5OS. The first-order chi connectivity index (χ1) is 10.1. The Morgan fingerprint density at radius 1 is 1.38 bits per heavy atom. The molecule has 1 aliphatic heterocycles. The van der Waals surface area contributed by atoms with Crippen molar-refractivity contribution in [2.24, 2.45) is 5.92 Å². The first-order valence-electron chi connectivity index (χ1n) is 7.61. The van der Waals surface area contributed by atoms with Gasteiger partial charge in [0.05, 0.1) is 0 Å². The van der Waals surface area contributed by atoms with E-state index in [1.54, 1.807) is 0 Å². The number of carbonyl (C=O) groups excluding carboxylic acids is 1. The highest BCUT2D eigenvalue weighted by molar-refractivity contribution is 7.18. The number of carbonyl (C=O) groups is 1. The molecule has 0 radical (unpaired) electrons. The molecule has 2 heterocycles. The second-order valence-electron chi connectivity index (χ2n) is 6.01. The molecule has 0 bridgehead atoms. The van der Waals surface area contributed by atoms with Crippen molar-refractivity contribution in [3.05, 3.63) is 4.88 Å². The maximum atomic E-state index is 12.2. The summed E-state index contributed by atoms with van der Waals surface area (Å²) in [5, 5.41) is 3.86. The molecule has 1 saturated carbocycles. The van der Waals surface area contributed by atoms with Crippen molar-refractivity contribution in [1.82, 2.24) is 15.2 Å². The Bertz CT molecular complexity index is 505. The average molecular weight is 309 g/mol. The lowest BCUT2D eigenvalue weighted by atomic mass is 9.85. The number of thiazole rings is 1. The van der Waals surface area contributed by atoms with Crippen molar-refractivity contribution in [1.29, 1.82) is 0 Å². The molecule has 0 atom stereocenters. The number of nitrogens with zero attached hydrogens (tertiary/aromatic N) is 3. The molecule has 0 unspecified atom stereocenters. The number of nitrogen functional groups attached to an aromatic ring is 1. The predicted octanol–water partition coefficient (Wildman–Crippen LogP) is 1.01. The van der Waals surface area contributed by atoms with Gasteiger partial charge in [-0.2, -0.15) is 0 Å². The van der Waals surface area contributed by atoms with Gasteiger partial charge in [0, 0.05) is 32.7 Å². The van der Waals surface area contributed by atoms with Crippen molar-refractivity contribution in [3.63, 3.8) is 0 Å². The molecule has 1 aromatic rings. The molecule has 1 aliphatic carbocycles. The van der Waals surface area contributed by atoms with Gasteiger partial charge in [-0.25, -0.2) is 4.98 Å². The van der Waals surface area contributed by atoms with Crippen LogP contribution in [0.4, 0.5) is 10.9 Å². The standard InChI is InChI=1S/C14H23N5OS/c1-18-5-7-19(8-6-18)14-17-12(15)11(21-14)13(20)16-9-10-3-2-4-10/h10H,2-9,15H2,1H3,(H,16,20). The van der Waals surface area contributed by atoms with Gasteiger partial charge in [0.25, 0.3) is 5.91 Å². The topological polar surface area (TPSA) is 74.5 Å². The van der Waals surface area contributed by atoms with Crippen molar-refractivity contribution < 1.29 is 4.79 Å². The van der Waals surface area contributed by atoms with Gasteiger partial charge in [-0.3, -0.25) is 4.79 Å². The smallest absolute Gasteiger partial charge is 0.265 e. The van der Waals surface area contributed by atoms with Crippen LogP contribution in [-0.4, -0.2) is 55.6 Å². The van der Waals surface area contributed by atoms with E-state index in [-0.39, 0.29) is 5.91 Å². The molecule has 3 N–H and O–H groups in total. The second kappa shape index (κ2) is 6.19. The first kappa shape index (κ1) is 14.6.